The van der Waals surface area contributed by atoms with Crippen LogP contribution in [-0.2, 0) is 11.4 Å². The van der Waals surface area contributed by atoms with Crippen LogP contribution in [0.5, 0.6) is 5.75 Å². The first-order valence-corrected chi connectivity index (χ1v) is 8.51. The van der Waals surface area contributed by atoms with Gasteiger partial charge < -0.3 is 4.74 Å². The molecule has 0 unspecified atom stereocenters. The molecule has 1 fully saturated rings. The monoisotopic (exact) mass is 339 g/mol. The van der Waals surface area contributed by atoms with E-state index >= 15 is 0 Å². The maximum Gasteiger partial charge on any atom is 0.293 e. The molecule has 0 aliphatic carbocycles. The van der Waals surface area contributed by atoms with Gasteiger partial charge in [-0.25, -0.2) is 0 Å². The van der Waals surface area contributed by atoms with E-state index in [0.717, 1.165) is 28.6 Å². The molecule has 4 nitrogen and oxygen atoms in total. The third-order valence-electron chi connectivity index (χ3n) is 3.59. The first-order chi connectivity index (χ1) is 11.7. The summed E-state index contributed by atoms with van der Waals surface area (Å²) >= 11 is 0.975. The second-order valence-electron chi connectivity index (χ2n) is 5.27. The molecule has 3 rings (SSSR count). The summed E-state index contributed by atoms with van der Waals surface area (Å²) in [5, 5.41) is -0.217. The van der Waals surface area contributed by atoms with E-state index < -0.39 is 0 Å². The third-order valence-corrected chi connectivity index (χ3v) is 4.50. The molecule has 1 aliphatic rings. The molecule has 2 aromatic rings. The zero-order valence-corrected chi connectivity index (χ0v) is 14.1. The number of imide groups is 1. The van der Waals surface area contributed by atoms with Crippen molar-refractivity contribution in [3.63, 3.8) is 0 Å². The van der Waals surface area contributed by atoms with Crippen molar-refractivity contribution in [2.45, 2.75) is 13.5 Å². The van der Waals surface area contributed by atoms with Crippen LogP contribution >= 0.6 is 11.8 Å². The van der Waals surface area contributed by atoms with Gasteiger partial charge in [-0.3, -0.25) is 14.5 Å². The highest BCUT2D eigenvalue weighted by Gasteiger charge is 2.33. The standard InChI is InChI=1S/C19H17NO3S/c1-2-20-18(21)17(24-19(20)22)12-15-9-6-10-16(11-15)23-13-14-7-4-3-5-8-14/h3-12H,2,13H2,1H3/b17-12+. The van der Waals surface area contributed by atoms with Crippen LogP contribution in [0.1, 0.15) is 18.1 Å². The van der Waals surface area contributed by atoms with E-state index in [9.17, 15) is 9.59 Å². The Morgan fingerprint density at radius 3 is 2.58 bits per heavy atom. The minimum atomic E-state index is -0.233. The predicted octanol–water partition coefficient (Wildman–Crippen LogP) is 4.32. The second-order valence-corrected chi connectivity index (χ2v) is 6.27. The molecule has 0 aromatic heterocycles. The van der Waals surface area contributed by atoms with Gasteiger partial charge in [-0.2, -0.15) is 0 Å². The Balaban J connectivity index is 1.73. The van der Waals surface area contributed by atoms with Crippen molar-refractivity contribution >= 4 is 29.0 Å². The average molecular weight is 339 g/mol. The van der Waals surface area contributed by atoms with Gasteiger partial charge in [-0.05, 0) is 48.0 Å². The molecule has 122 valence electrons. The Bertz CT molecular complexity index is 786. The molecule has 0 radical (unpaired) electrons. The summed E-state index contributed by atoms with van der Waals surface area (Å²) in [5.41, 5.74) is 1.93. The molecule has 2 aromatic carbocycles. The van der Waals surface area contributed by atoms with Crippen molar-refractivity contribution in [3.8, 4) is 5.75 Å². The average Bonchev–Trinajstić information content (AvgIpc) is 2.87. The fourth-order valence-corrected chi connectivity index (χ4v) is 3.26. The zero-order chi connectivity index (χ0) is 16.9. The fraction of sp³-hybridized carbons (Fsp3) is 0.158. The molecule has 1 saturated heterocycles. The number of benzene rings is 2. The minimum absolute atomic E-state index is 0.217. The summed E-state index contributed by atoms with van der Waals surface area (Å²) in [5.74, 6) is 0.491. The number of likely N-dealkylation sites (N-methyl/N-ethyl adjacent to an activating group) is 1. The third kappa shape index (κ3) is 3.68. The number of carbonyl (C=O) groups is 2. The number of amides is 2. The number of nitrogens with zero attached hydrogens (tertiary/aromatic N) is 1. The lowest BCUT2D eigenvalue weighted by molar-refractivity contribution is -0.122. The minimum Gasteiger partial charge on any atom is -0.489 e. The number of ether oxygens (including phenoxy) is 1. The molecule has 2 amide bonds. The van der Waals surface area contributed by atoms with Crippen molar-refractivity contribution in [2.75, 3.05) is 6.54 Å². The summed E-state index contributed by atoms with van der Waals surface area (Å²) in [7, 11) is 0. The van der Waals surface area contributed by atoms with Gasteiger partial charge in [0.1, 0.15) is 12.4 Å². The van der Waals surface area contributed by atoms with E-state index in [-0.39, 0.29) is 11.1 Å². The van der Waals surface area contributed by atoms with Crippen LogP contribution in [0.3, 0.4) is 0 Å². The van der Waals surface area contributed by atoms with Gasteiger partial charge in [0.25, 0.3) is 11.1 Å². The first-order valence-electron chi connectivity index (χ1n) is 7.69. The number of hydrogen-bond donors (Lipinski definition) is 0. The fourth-order valence-electron chi connectivity index (χ4n) is 2.36. The summed E-state index contributed by atoms with van der Waals surface area (Å²) in [6, 6.07) is 17.4. The van der Waals surface area contributed by atoms with Gasteiger partial charge in [0.05, 0.1) is 4.91 Å². The van der Waals surface area contributed by atoms with Crippen LogP contribution in [-0.4, -0.2) is 22.6 Å². The van der Waals surface area contributed by atoms with E-state index in [2.05, 4.69) is 0 Å². The molecular weight excluding hydrogens is 322 g/mol. The maximum atomic E-state index is 12.1. The molecular formula is C19H17NO3S. The summed E-state index contributed by atoms with van der Waals surface area (Å²) in [6.07, 6.45) is 1.73. The van der Waals surface area contributed by atoms with Crippen molar-refractivity contribution < 1.29 is 14.3 Å². The predicted molar refractivity (Wildman–Crippen MR) is 95.6 cm³/mol. The van der Waals surface area contributed by atoms with E-state index in [4.69, 9.17) is 4.74 Å². The van der Waals surface area contributed by atoms with E-state index in [1.807, 2.05) is 54.6 Å². The highest BCUT2D eigenvalue weighted by molar-refractivity contribution is 8.18. The largest absolute Gasteiger partial charge is 0.489 e. The summed E-state index contributed by atoms with van der Waals surface area (Å²) in [4.78, 5) is 25.6. The smallest absolute Gasteiger partial charge is 0.293 e. The normalized spacial score (nSPS) is 16.0. The molecule has 1 heterocycles. The molecule has 5 heteroatoms. The van der Waals surface area contributed by atoms with Gasteiger partial charge in [0.15, 0.2) is 0 Å². The zero-order valence-electron chi connectivity index (χ0n) is 13.3. The van der Waals surface area contributed by atoms with E-state index in [1.54, 1.807) is 13.0 Å². The van der Waals surface area contributed by atoms with Crippen LogP contribution in [0.2, 0.25) is 0 Å². The Morgan fingerprint density at radius 1 is 1.08 bits per heavy atom. The quantitative estimate of drug-likeness (QED) is 0.761. The van der Waals surface area contributed by atoms with E-state index in [1.165, 1.54) is 4.90 Å². The van der Waals surface area contributed by atoms with Crippen LogP contribution in [0.4, 0.5) is 4.79 Å². The van der Waals surface area contributed by atoms with Gasteiger partial charge in [-0.1, -0.05) is 42.5 Å². The van der Waals surface area contributed by atoms with Crippen LogP contribution in [0.25, 0.3) is 6.08 Å². The molecule has 0 bridgehead atoms. The topological polar surface area (TPSA) is 46.6 Å². The first kappa shape index (κ1) is 16.3. The molecule has 0 saturated carbocycles. The van der Waals surface area contributed by atoms with Crippen molar-refractivity contribution in [1.82, 2.24) is 4.90 Å². The number of rotatable bonds is 5. The number of thioether (sulfide) groups is 1. The van der Waals surface area contributed by atoms with E-state index in [0.29, 0.717) is 18.1 Å². The number of carbonyl (C=O) groups excluding carboxylic acids is 2. The highest BCUT2D eigenvalue weighted by atomic mass is 32.2. The molecule has 0 atom stereocenters. The Hall–Kier alpha value is -2.53. The molecule has 0 spiro atoms. The Labute approximate surface area is 145 Å². The maximum absolute atomic E-state index is 12.1. The van der Waals surface area contributed by atoms with Crippen molar-refractivity contribution in [2.24, 2.45) is 0 Å². The summed E-state index contributed by atoms with van der Waals surface area (Å²) in [6.45, 7) is 2.66. The highest BCUT2D eigenvalue weighted by Crippen LogP contribution is 2.32. The van der Waals surface area contributed by atoms with Gasteiger partial charge in [0, 0.05) is 6.54 Å². The second kappa shape index (κ2) is 7.36. The lowest BCUT2D eigenvalue weighted by Crippen LogP contribution is -2.27. The van der Waals surface area contributed by atoms with Crippen LogP contribution in [0.15, 0.2) is 59.5 Å². The van der Waals surface area contributed by atoms with Crippen LogP contribution in [0, 0.1) is 0 Å². The summed E-state index contributed by atoms with van der Waals surface area (Å²) < 4.78 is 5.79. The molecule has 1 aliphatic heterocycles. The molecule has 0 N–H and O–H groups in total. The van der Waals surface area contributed by atoms with Crippen molar-refractivity contribution in [1.29, 1.82) is 0 Å². The molecule has 24 heavy (non-hydrogen) atoms. The van der Waals surface area contributed by atoms with Gasteiger partial charge in [-0.15, -0.1) is 0 Å². The Morgan fingerprint density at radius 2 is 1.88 bits per heavy atom. The lowest BCUT2D eigenvalue weighted by Gasteiger charge is -2.08. The Kier molecular flexibility index (Phi) is 5.01. The van der Waals surface area contributed by atoms with Crippen molar-refractivity contribution in [3.05, 3.63) is 70.6 Å². The lowest BCUT2D eigenvalue weighted by atomic mass is 10.2. The van der Waals surface area contributed by atoms with Gasteiger partial charge in [0.2, 0.25) is 0 Å². The van der Waals surface area contributed by atoms with Crippen LogP contribution < -0.4 is 4.74 Å². The SMILES string of the molecule is CCN1C(=O)S/C(=C/c2cccc(OCc3ccccc3)c2)C1=O. The van der Waals surface area contributed by atoms with Gasteiger partial charge >= 0.3 is 0 Å². The number of hydrogen-bond acceptors (Lipinski definition) is 4.